The lowest BCUT2D eigenvalue weighted by atomic mass is 9.96. The molecular weight excluding hydrogens is 295 g/mol. The number of benzene rings is 1. The Bertz CT molecular complexity index is 389. The molecule has 0 radical (unpaired) electrons. The number of likely N-dealkylation sites (tertiary alicyclic amines) is 1. The van der Waals surface area contributed by atoms with Crippen molar-refractivity contribution in [1.82, 2.24) is 10.2 Å². The van der Waals surface area contributed by atoms with Gasteiger partial charge >= 0.3 is 0 Å². The fourth-order valence-electron chi connectivity index (χ4n) is 2.53. The number of halogens is 2. The van der Waals surface area contributed by atoms with Crippen molar-refractivity contribution in [1.29, 1.82) is 0 Å². The van der Waals surface area contributed by atoms with Crippen LogP contribution < -0.4 is 5.32 Å². The minimum Gasteiger partial charge on any atom is -0.319 e. The molecule has 1 aliphatic rings. The summed E-state index contributed by atoms with van der Waals surface area (Å²) in [5.41, 5.74) is 0.797. The highest BCUT2D eigenvalue weighted by atomic mass is 79.9. The molecule has 2 nitrogen and oxygen atoms in total. The van der Waals surface area contributed by atoms with E-state index in [1.54, 1.807) is 6.07 Å². The first-order chi connectivity index (χ1) is 8.69. The van der Waals surface area contributed by atoms with Gasteiger partial charge in [0.2, 0.25) is 0 Å². The van der Waals surface area contributed by atoms with Crippen molar-refractivity contribution < 1.29 is 4.39 Å². The molecule has 1 aromatic rings. The Balaban J connectivity index is 1.87. The maximum absolute atomic E-state index is 13.7. The quantitative estimate of drug-likeness (QED) is 0.919. The molecule has 0 bridgehead atoms. The van der Waals surface area contributed by atoms with Gasteiger partial charge in [-0.2, -0.15) is 0 Å². The highest BCUT2D eigenvalue weighted by molar-refractivity contribution is 9.10. The van der Waals surface area contributed by atoms with Crippen molar-refractivity contribution in [2.24, 2.45) is 5.92 Å². The molecule has 0 aromatic heterocycles. The number of nitrogens with zero attached hydrogens (tertiary/aromatic N) is 1. The van der Waals surface area contributed by atoms with Gasteiger partial charge in [-0.15, -0.1) is 0 Å². The molecule has 18 heavy (non-hydrogen) atoms. The molecule has 1 aliphatic heterocycles. The molecule has 0 atom stereocenters. The summed E-state index contributed by atoms with van der Waals surface area (Å²) >= 11 is 3.29. The molecule has 1 heterocycles. The third kappa shape index (κ3) is 3.77. The highest BCUT2D eigenvalue weighted by Crippen LogP contribution is 2.21. The number of hydrogen-bond acceptors (Lipinski definition) is 2. The first-order valence-electron chi connectivity index (χ1n) is 6.50. The molecule has 1 fully saturated rings. The monoisotopic (exact) mass is 314 g/mol. The van der Waals surface area contributed by atoms with E-state index >= 15 is 0 Å². The number of hydrogen-bond donors (Lipinski definition) is 1. The van der Waals surface area contributed by atoms with Gasteiger partial charge in [0.15, 0.2) is 0 Å². The Morgan fingerprint density at radius 2 is 2.11 bits per heavy atom. The van der Waals surface area contributed by atoms with Crippen LogP contribution in [0.2, 0.25) is 0 Å². The van der Waals surface area contributed by atoms with Crippen LogP contribution >= 0.6 is 15.9 Å². The fraction of sp³-hybridized carbons (Fsp3) is 0.571. The number of piperidine rings is 1. The van der Waals surface area contributed by atoms with E-state index < -0.39 is 0 Å². The molecule has 1 saturated heterocycles. The van der Waals surface area contributed by atoms with Crippen LogP contribution in [0.4, 0.5) is 4.39 Å². The summed E-state index contributed by atoms with van der Waals surface area (Å²) in [5.74, 6) is 0.669. The van der Waals surface area contributed by atoms with Gasteiger partial charge in [-0.1, -0.05) is 22.0 Å². The summed E-state index contributed by atoms with van der Waals surface area (Å²) in [7, 11) is 2.00. The zero-order valence-corrected chi connectivity index (χ0v) is 12.3. The summed E-state index contributed by atoms with van der Waals surface area (Å²) in [5, 5.41) is 3.23. The molecule has 2 rings (SSSR count). The van der Waals surface area contributed by atoms with Crippen LogP contribution in [-0.4, -0.2) is 31.6 Å². The summed E-state index contributed by atoms with van der Waals surface area (Å²) in [6, 6.07) is 5.33. The SMILES string of the molecule is CNCC1CCN(Cc2ccc(Br)cc2F)CC1. The third-order valence-corrected chi connectivity index (χ3v) is 4.10. The summed E-state index contributed by atoms with van der Waals surface area (Å²) < 4.78 is 14.5. The molecule has 0 unspecified atom stereocenters. The minimum atomic E-state index is -0.110. The van der Waals surface area contributed by atoms with Gasteiger partial charge in [0, 0.05) is 16.6 Å². The van der Waals surface area contributed by atoms with E-state index in [1.165, 1.54) is 12.8 Å². The lowest BCUT2D eigenvalue weighted by molar-refractivity contribution is 0.175. The van der Waals surface area contributed by atoms with Crippen LogP contribution in [0.3, 0.4) is 0 Å². The second-order valence-corrected chi connectivity index (χ2v) is 5.93. The molecule has 4 heteroatoms. The largest absolute Gasteiger partial charge is 0.319 e. The molecule has 1 N–H and O–H groups in total. The Morgan fingerprint density at radius 1 is 1.39 bits per heavy atom. The number of nitrogens with one attached hydrogen (secondary N) is 1. The van der Waals surface area contributed by atoms with E-state index in [9.17, 15) is 4.39 Å². The van der Waals surface area contributed by atoms with Crippen molar-refractivity contribution in [2.45, 2.75) is 19.4 Å². The maximum Gasteiger partial charge on any atom is 0.128 e. The van der Waals surface area contributed by atoms with Crippen molar-refractivity contribution in [3.05, 3.63) is 34.1 Å². The van der Waals surface area contributed by atoms with Crippen molar-refractivity contribution >= 4 is 15.9 Å². The first kappa shape index (κ1) is 14.0. The molecule has 0 amide bonds. The smallest absolute Gasteiger partial charge is 0.128 e. The maximum atomic E-state index is 13.7. The molecular formula is C14H20BrFN2. The highest BCUT2D eigenvalue weighted by Gasteiger charge is 2.19. The zero-order chi connectivity index (χ0) is 13.0. The second-order valence-electron chi connectivity index (χ2n) is 5.01. The van der Waals surface area contributed by atoms with Gasteiger partial charge in [0.1, 0.15) is 5.82 Å². The van der Waals surface area contributed by atoms with Crippen LogP contribution in [-0.2, 0) is 6.54 Å². The van der Waals surface area contributed by atoms with E-state index in [-0.39, 0.29) is 5.82 Å². The second kappa shape index (κ2) is 6.64. The van der Waals surface area contributed by atoms with Crippen LogP contribution in [0.1, 0.15) is 18.4 Å². The molecule has 1 aromatic carbocycles. The van der Waals surface area contributed by atoms with E-state index in [1.807, 2.05) is 19.2 Å². The van der Waals surface area contributed by atoms with E-state index in [0.29, 0.717) is 0 Å². The third-order valence-electron chi connectivity index (χ3n) is 3.61. The van der Waals surface area contributed by atoms with E-state index in [4.69, 9.17) is 0 Å². The Morgan fingerprint density at radius 3 is 2.72 bits per heavy atom. The van der Waals surface area contributed by atoms with E-state index in [2.05, 4.69) is 26.1 Å². The number of rotatable bonds is 4. The van der Waals surface area contributed by atoms with Gasteiger partial charge in [-0.05, 0) is 57.6 Å². The zero-order valence-electron chi connectivity index (χ0n) is 10.8. The summed E-state index contributed by atoms with van der Waals surface area (Å²) in [6.45, 7) is 3.97. The summed E-state index contributed by atoms with van der Waals surface area (Å²) in [6.07, 6.45) is 2.41. The average Bonchev–Trinajstić information content (AvgIpc) is 2.35. The van der Waals surface area contributed by atoms with Crippen LogP contribution in [0.25, 0.3) is 0 Å². The first-order valence-corrected chi connectivity index (χ1v) is 7.29. The topological polar surface area (TPSA) is 15.3 Å². The van der Waals surface area contributed by atoms with E-state index in [0.717, 1.165) is 42.1 Å². The van der Waals surface area contributed by atoms with Crippen LogP contribution in [0, 0.1) is 11.7 Å². The van der Waals surface area contributed by atoms with Crippen molar-refractivity contribution in [3.63, 3.8) is 0 Å². The normalized spacial score (nSPS) is 18.2. The Kier molecular flexibility index (Phi) is 5.15. The van der Waals surface area contributed by atoms with Crippen molar-refractivity contribution in [3.8, 4) is 0 Å². The van der Waals surface area contributed by atoms with Crippen molar-refractivity contribution in [2.75, 3.05) is 26.7 Å². The Labute approximate surface area is 117 Å². The van der Waals surface area contributed by atoms with Crippen LogP contribution in [0.15, 0.2) is 22.7 Å². The van der Waals surface area contributed by atoms with Crippen LogP contribution in [0.5, 0.6) is 0 Å². The van der Waals surface area contributed by atoms with Gasteiger partial charge in [-0.25, -0.2) is 4.39 Å². The lowest BCUT2D eigenvalue weighted by Gasteiger charge is -2.31. The molecule has 0 spiro atoms. The Hall–Kier alpha value is -0.450. The molecule has 0 saturated carbocycles. The van der Waals surface area contributed by atoms with Gasteiger partial charge in [-0.3, -0.25) is 4.90 Å². The molecule has 100 valence electrons. The average molecular weight is 315 g/mol. The van der Waals surface area contributed by atoms with Gasteiger partial charge < -0.3 is 5.32 Å². The van der Waals surface area contributed by atoms with Gasteiger partial charge in [0.05, 0.1) is 0 Å². The lowest BCUT2D eigenvalue weighted by Crippen LogP contribution is -2.36. The minimum absolute atomic E-state index is 0.110. The standard InChI is InChI=1S/C14H20BrFN2/c1-17-9-11-4-6-18(7-5-11)10-12-2-3-13(15)8-14(12)16/h2-3,8,11,17H,4-7,9-10H2,1H3. The molecule has 0 aliphatic carbocycles. The fourth-order valence-corrected chi connectivity index (χ4v) is 2.86. The predicted octanol–water partition coefficient (Wildman–Crippen LogP) is 3.02. The predicted molar refractivity (Wildman–Crippen MR) is 76.0 cm³/mol. The summed E-state index contributed by atoms with van der Waals surface area (Å²) in [4.78, 5) is 2.35. The van der Waals surface area contributed by atoms with Gasteiger partial charge in [0.25, 0.3) is 0 Å².